The fourth-order valence-electron chi connectivity index (χ4n) is 4.20. The first-order valence-electron chi connectivity index (χ1n) is 10.4. The van der Waals surface area contributed by atoms with Crippen LogP contribution in [-0.2, 0) is 11.2 Å². The molecule has 0 radical (unpaired) electrons. The minimum absolute atomic E-state index is 0.00841. The second kappa shape index (κ2) is 9.30. The minimum atomic E-state index is -0.398. The molecule has 1 fully saturated rings. The van der Waals surface area contributed by atoms with Crippen molar-refractivity contribution >= 4 is 33.2 Å². The summed E-state index contributed by atoms with van der Waals surface area (Å²) >= 11 is 1.44. The lowest BCUT2D eigenvalue weighted by Crippen LogP contribution is -2.43. The second-order valence-corrected chi connectivity index (χ2v) is 8.72. The van der Waals surface area contributed by atoms with Gasteiger partial charge in [-0.15, -0.1) is 11.3 Å². The van der Waals surface area contributed by atoms with E-state index in [1.165, 1.54) is 11.3 Å². The van der Waals surface area contributed by atoms with Gasteiger partial charge < -0.3 is 15.4 Å². The van der Waals surface area contributed by atoms with Gasteiger partial charge in [0.2, 0.25) is 0 Å². The van der Waals surface area contributed by atoms with E-state index >= 15 is 0 Å². The maximum absolute atomic E-state index is 13.1. The molecule has 1 atom stereocenters. The highest BCUT2D eigenvalue weighted by molar-refractivity contribution is 7.21. The molecule has 0 unspecified atom stereocenters. The van der Waals surface area contributed by atoms with Crippen molar-refractivity contribution in [3.05, 3.63) is 65.0 Å². The lowest BCUT2D eigenvalue weighted by molar-refractivity contribution is -0.135. The molecule has 6 heteroatoms. The molecule has 2 heterocycles. The van der Waals surface area contributed by atoms with Gasteiger partial charge in [-0.2, -0.15) is 0 Å². The Labute approximate surface area is 180 Å². The van der Waals surface area contributed by atoms with Gasteiger partial charge in [0, 0.05) is 17.3 Å². The highest BCUT2D eigenvalue weighted by atomic mass is 32.1. The van der Waals surface area contributed by atoms with E-state index < -0.39 is 5.91 Å². The lowest BCUT2D eigenvalue weighted by Gasteiger charge is -2.30. The van der Waals surface area contributed by atoms with Crippen molar-refractivity contribution in [2.45, 2.75) is 38.1 Å². The molecule has 2 aromatic carbocycles. The standard InChI is InChI=1S/C24H26N2O3S/c25-24(28)23-20(19-12-6-7-13-21(19)30-23)15-17-9-3-2-8-14-26(17)22(27)16-29-18-10-4-1-5-11-18/h1,4-7,10-13,17H,2-3,8-9,14-16H2,(H2,25,28)/t17-/m1/s1. The number of benzene rings is 2. The third-order valence-corrected chi connectivity index (χ3v) is 6.89. The van der Waals surface area contributed by atoms with Gasteiger partial charge in [0.05, 0.1) is 4.88 Å². The number of fused-ring (bicyclic) bond motifs is 1. The highest BCUT2D eigenvalue weighted by Gasteiger charge is 2.28. The highest BCUT2D eigenvalue weighted by Crippen LogP contribution is 2.34. The van der Waals surface area contributed by atoms with Crippen molar-refractivity contribution in [3.63, 3.8) is 0 Å². The van der Waals surface area contributed by atoms with Crippen LogP contribution in [-0.4, -0.2) is 35.9 Å². The zero-order valence-corrected chi connectivity index (χ0v) is 17.7. The predicted molar refractivity (Wildman–Crippen MR) is 120 cm³/mol. The molecule has 4 rings (SSSR count). The number of ether oxygens (including phenoxy) is 1. The smallest absolute Gasteiger partial charge is 0.260 e. The SMILES string of the molecule is NC(=O)c1sc2ccccc2c1C[C@H]1CCCCCN1C(=O)COc1ccccc1. The Kier molecular flexibility index (Phi) is 6.33. The summed E-state index contributed by atoms with van der Waals surface area (Å²) in [6.07, 6.45) is 4.72. The Morgan fingerprint density at radius 1 is 1.03 bits per heavy atom. The Morgan fingerprint density at radius 2 is 1.80 bits per heavy atom. The number of nitrogens with zero attached hydrogens (tertiary/aromatic N) is 1. The zero-order chi connectivity index (χ0) is 20.9. The first-order chi connectivity index (χ1) is 14.6. The van der Waals surface area contributed by atoms with Crippen molar-refractivity contribution in [3.8, 4) is 5.75 Å². The summed E-state index contributed by atoms with van der Waals surface area (Å²) in [6.45, 7) is 0.739. The summed E-state index contributed by atoms with van der Waals surface area (Å²) in [5.74, 6) is 0.285. The Bertz CT molecular complexity index is 1030. The fraction of sp³-hybridized carbons (Fsp3) is 0.333. The van der Waals surface area contributed by atoms with E-state index in [0.717, 1.165) is 47.9 Å². The molecule has 0 aliphatic carbocycles. The van der Waals surface area contributed by atoms with Crippen LogP contribution in [0.5, 0.6) is 5.75 Å². The molecule has 2 N–H and O–H groups in total. The van der Waals surface area contributed by atoms with Gasteiger partial charge in [-0.3, -0.25) is 9.59 Å². The van der Waals surface area contributed by atoms with E-state index in [4.69, 9.17) is 10.5 Å². The summed E-state index contributed by atoms with van der Waals surface area (Å²) in [6, 6.07) is 17.4. The number of amides is 2. The lowest BCUT2D eigenvalue weighted by atomic mass is 9.98. The predicted octanol–water partition coefficient (Wildman–Crippen LogP) is 4.39. The number of carbonyl (C=O) groups excluding carboxylic acids is 2. The number of hydrogen-bond acceptors (Lipinski definition) is 4. The number of hydrogen-bond donors (Lipinski definition) is 1. The number of rotatable bonds is 6. The third kappa shape index (κ3) is 4.49. The number of likely N-dealkylation sites (tertiary alicyclic amines) is 1. The van der Waals surface area contributed by atoms with Crippen molar-refractivity contribution < 1.29 is 14.3 Å². The molecule has 1 aromatic heterocycles. The van der Waals surface area contributed by atoms with E-state index in [1.54, 1.807) is 0 Å². The summed E-state index contributed by atoms with van der Waals surface area (Å²) in [5, 5.41) is 1.06. The van der Waals surface area contributed by atoms with Crippen LogP contribution in [0.4, 0.5) is 0 Å². The number of para-hydroxylation sites is 1. The van der Waals surface area contributed by atoms with Crippen molar-refractivity contribution in [2.75, 3.05) is 13.2 Å². The number of primary amides is 1. The quantitative estimate of drug-likeness (QED) is 0.640. The van der Waals surface area contributed by atoms with Crippen molar-refractivity contribution in [1.82, 2.24) is 4.90 Å². The summed E-state index contributed by atoms with van der Waals surface area (Å²) < 4.78 is 6.77. The number of carbonyl (C=O) groups is 2. The molecule has 0 bridgehead atoms. The van der Waals surface area contributed by atoms with Gasteiger partial charge >= 0.3 is 0 Å². The largest absolute Gasteiger partial charge is 0.484 e. The van der Waals surface area contributed by atoms with E-state index in [1.807, 2.05) is 59.5 Å². The minimum Gasteiger partial charge on any atom is -0.484 e. The van der Waals surface area contributed by atoms with Crippen LogP contribution in [0.25, 0.3) is 10.1 Å². The average molecular weight is 423 g/mol. The van der Waals surface area contributed by atoms with Gasteiger partial charge in [0.15, 0.2) is 6.61 Å². The summed E-state index contributed by atoms with van der Waals surface area (Å²) in [7, 11) is 0. The van der Waals surface area contributed by atoms with Crippen LogP contribution >= 0.6 is 11.3 Å². The van der Waals surface area contributed by atoms with Gasteiger partial charge in [-0.25, -0.2) is 0 Å². The molecule has 0 saturated carbocycles. The van der Waals surface area contributed by atoms with Gasteiger partial charge in [0.1, 0.15) is 5.75 Å². The second-order valence-electron chi connectivity index (χ2n) is 7.67. The normalized spacial score (nSPS) is 16.9. The summed E-state index contributed by atoms with van der Waals surface area (Å²) in [5.41, 5.74) is 6.66. The van der Waals surface area contributed by atoms with Crippen LogP contribution in [0.1, 0.15) is 40.9 Å². The third-order valence-electron chi connectivity index (χ3n) is 5.66. The molecule has 0 spiro atoms. The maximum Gasteiger partial charge on any atom is 0.260 e. The molecule has 1 aliphatic rings. The Hall–Kier alpha value is -2.86. The van der Waals surface area contributed by atoms with E-state index in [0.29, 0.717) is 17.0 Å². The average Bonchev–Trinajstić information content (AvgIpc) is 2.96. The zero-order valence-electron chi connectivity index (χ0n) is 16.9. The van der Waals surface area contributed by atoms with Crippen LogP contribution in [0, 0.1) is 0 Å². The van der Waals surface area contributed by atoms with Gasteiger partial charge in [0.25, 0.3) is 11.8 Å². The van der Waals surface area contributed by atoms with E-state index in [-0.39, 0.29) is 18.6 Å². The maximum atomic E-state index is 13.1. The van der Waals surface area contributed by atoms with Crippen LogP contribution in [0.2, 0.25) is 0 Å². The van der Waals surface area contributed by atoms with Gasteiger partial charge in [-0.05, 0) is 48.4 Å². The van der Waals surface area contributed by atoms with Crippen LogP contribution in [0.15, 0.2) is 54.6 Å². The molecule has 1 aliphatic heterocycles. The van der Waals surface area contributed by atoms with Crippen molar-refractivity contribution in [2.24, 2.45) is 5.73 Å². The molecular formula is C24H26N2O3S. The Balaban J connectivity index is 1.56. The van der Waals surface area contributed by atoms with E-state index in [9.17, 15) is 9.59 Å². The fourth-order valence-corrected chi connectivity index (χ4v) is 5.28. The van der Waals surface area contributed by atoms with Crippen LogP contribution in [0.3, 0.4) is 0 Å². The number of nitrogens with two attached hydrogens (primary N) is 1. The van der Waals surface area contributed by atoms with E-state index in [2.05, 4.69) is 0 Å². The monoisotopic (exact) mass is 422 g/mol. The van der Waals surface area contributed by atoms with Crippen molar-refractivity contribution in [1.29, 1.82) is 0 Å². The molecule has 1 saturated heterocycles. The van der Waals surface area contributed by atoms with Crippen LogP contribution < -0.4 is 10.5 Å². The molecule has 3 aromatic rings. The number of thiophene rings is 1. The first-order valence-corrected chi connectivity index (χ1v) is 11.2. The molecule has 30 heavy (non-hydrogen) atoms. The summed E-state index contributed by atoms with van der Waals surface area (Å²) in [4.78, 5) is 27.7. The molecular weight excluding hydrogens is 396 g/mol. The molecule has 5 nitrogen and oxygen atoms in total. The Morgan fingerprint density at radius 3 is 2.60 bits per heavy atom. The molecule has 2 amide bonds. The molecule has 156 valence electrons. The first kappa shape index (κ1) is 20.4. The topological polar surface area (TPSA) is 72.6 Å². The van der Waals surface area contributed by atoms with Gasteiger partial charge in [-0.1, -0.05) is 49.2 Å².